The van der Waals surface area contributed by atoms with E-state index >= 15 is 0 Å². The van der Waals surface area contributed by atoms with Crippen molar-refractivity contribution < 1.29 is 4.79 Å². The molecule has 1 heterocycles. The van der Waals surface area contributed by atoms with Gasteiger partial charge in [-0.2, -0.15) is 0 Å². The Bertz CT molecular complexity index is 442. The number of amides is 2. The smallest absolute Gasteiger partial charge is 0.321 e. The third-order valence-corrected chi connectivity index (χ3v) is 3.71. The number of halogens is 2. The normalized spacial score (nSPS) is 15.1. The molecule has 1 saturated heterocycles. The van der Waals surface area contributed by atoms with E-state index < -0.39 is 0 Å². The summed E-state index contributed by atoms with van der Waals surface area (Å²) >= 11 is 12.2. The van der Waals surface area contributed by atoms with Gasteiger partial charge in [0.1, 0.15) is 0 Å². The predicted molar refractivity (Wildman–Crippen MR) is 71.0 cm³/mol. The third-order valence-electron chi connectivity index (χ3n) is 2.91. The minimum Gasteiger partial charge on any atom is -0.325 e. The Hall–Kier alpha value is -0.930. The van der Waals surface area contributed by atoms with Crippen molar-refractivity contribution in [3.05, 3.63) is 27.7 Å². The molecule has 5 heteroatoms. The van der Waals surface area contributed by atoms with Crippen molar-refractivity contribution in [1.82, 2.24) is 4.90 Å². The third kappa shape index (κ3) is 2.67. The number of nitrogens with zero attached hydrogens (tertiary/aromatic N) is 1. The second-order valence-corrected chi connectivity index (χ2v) is 4.96. The van der Waals surface area contributed by atoms with Crippen molar-refractivity contribution in [3.63, 3.8) is 0 Å². The number of nitrogens with one attached hydrogen (secondary N) is 1. The van der Waals surface area contributed by atoms with Crippen LogP contribution in [-0.4, -0.2) is 24.0 Å². The molecule has 0 aliphatic carbocycles. The van der Waals surface area contributed by atoms with Gasteiger partial charge in [-0.05, 0) is 31.4 Å². The highest BCUT2D eigenvalue weighted by molar-refractivity contribution is 6.40. The van der Waals surface area contributed by atoms with Crippen molar-refractivity contribution in [1.29, 1.82) is 0 Å². The minimum atomic E-state index is -0.128. The Balaban J connectivity index is 2.17. The Kier molecular flexibility index (Phi) is 3.79. The molecule has 0 atom stereocenters. The maximum Gasteiger partial charge on any atom is 0.321 e. The van der Waals surface area contributed by atoms with Gasteiger partial charge in [-0.1, -0.05) is 29.3 Å². The number of carbonyl (C=O) groups is 1. The molecule has 3 nitrogen and oxygen atoms in total. The topological polar surface area (TPSA) is 32.3 Å². The standard InChI is InChI=1S/C12H14Cl2N2O/c1-8-4-5-9(13)11(10(8)14)15-12(17)16-6-2-3-7-16/h4-5H,2-3,6-7H2,1H3,(H,15,17). The van der Waals surface area contributed by atoms with Gasteiger partial charge in [-0.25, -0.2) is 4.79 Å². The maximum absolute atomic E-state index is 11.9. The lowest BCUT2D eigenvalue weighted by atomic mass is 10.2. The molecular formula is C12H14Cl2N2O. The van der Waals surface area contributed by atoms with E-state index in [2.05, 4.69) is 5.32 Å². The van der Waals surface area contributed by atoms with E-state index in [9.17, 15) is 4.79 Å². The van der Waals surface area contributed by atoms with Gasteiger partial charge in [-0.3, -0.25) is 0 Å². The van der Waals surface area contributed by atoms with E-state index in [1.54, 1.807) is 11.0 Å². The molecule has 0 bridgehead atoms. The van der Waals surface area contributed by atoms with Crippen molar-refractivity contribution in [3.8, 4) is 0 Å². The van der Waals surface area contributed by atoms with Crippen LogP contribution in [0.1, 0.15) is 18.4 Å². The second-order valence-electron chi connectivity index (χ2n) is 4.18. The molecule has 0 spiro atoms. The van der Waals surface area contributed by atoms with Gasteiger partial charge in [-0.15, -0.1) is 0 Å². The second kappa shape index (κ2) is 5.15. The average Bonchev–Trinajstić information content (AvgIpc) is 2.83. The highest BCUT2D eigenvalue weighted by atomic mass is 35.5. The zero-order valence-electron chi connectivity index (χ0n) is 9.59. The average molecular weight is 273 g/mol. The van der Waals surface area contributed by atoms with E-state index in [1.165, 1.54) is 0 Å². The van der Waals surface area contributed by atoms with Crippen molar-refractivity contribution in [2.45, 2.75) is 19.8 Å². The zero-order valence-corrected chi connectivity index (χ0v) is 11.1. The Morgan fingerprint density at radius 2 is 1.94 bits per heavy atom. The molecule has 2 rings (SSSR count). The molecular weight excluding hydrogens is 259 g/mol. The molecule has 1 N–H and O–H groups in total. The first kappa shape index (κ1) is 12.5. The number of anilines is 1. The summed E-state index contributed by atoms with van der Waals surface area (Å²) in [5.41, 5.74) is 1.40. The van der Waals surface area contributed by atoms with E-state index in [0.717, 1.165) is 31.5 Å². The number of likely N-dealkylation sites (tertiary alicyclic amines) is 1. The molecule has 1 aliphatic rings. The van der Waals surface area contributed by atoms with E-state index in [0.29, 0.717) is 15.7 Å². The van der Waals surface area contributed by atoms with Gasteiger partial charge in [0.2, 0.25) is 0 Å². The maximum atomic E-state index is 11.9. The number of aryl methyl sites for hydroxylation is 1. The van der Waals surface area contributed by atoms with Crippen LogP contribution < -0.4 is 5.32 Å². The molecule has 0 aromatic heterocycles. The van der Waals surface area contributed by atoms with Crippen LogP contribution in [0.3, 0.4) is 0 Å². The van der Waals surface area contributed by atoms with Gasteiger partial charge < -0.3 is 10.2 Å². The van der Waals surface area contributed by atoms with Crippen LogP contribution in [-0.2, 0) is 0 Å². The van der Waals surface area contributed by atoms with Crippen molar-refractivity contribution in [2.75, 3.05) is 18.4 Å². The van der Waals surface area contributed by atoms with Crippen LogP contribution in [0.25, 0.3) is 0 Å². The van der Waals surface area contributed by atoms with Crippen molar-refractivity contribution in [2.24, 2.45) is 0 Å². The summed E-state index contributed by atoms with van der Waals surface area (Å²) in [5.74, 6) is 0. The summed E-state index contributed by atoms with van der Waals surface area (Å²) in [5, 5.41) is 3.75. The molecule has 17 heavy (non-hydrogen) atoms. The Labute approximate surface area is 111 Å². The first-order valence-corrected chi connectivity index (χ1v) is 6.35. The summed E-state index contributed by atoms with van der Waals surface area (Å²) < 4.78 is 0. The molecule has 2 amide bonds. The summed E-state index contributed by atoms with van der Waals surface area (Å²) in [6.45, 7) is 3.48. The highest BCUT2D eigenvalue weighted by Gasteiger charge is 2.20. The van der Waals surface area contributed by atoms with Gasteiger partial charge in [0.15, 0.2) is 0 Å². The van der Waals surface area contributed by atoms with Crippen LogP contribution in [0, 0.1) is 6.92 Å². The number of urea groups is 1. The molecule has 0 unspecified atom stereocenters. The van der Waals surface area contributed by atoms with Crippen LogP contribution in [0.4, 0.5) is 10.5 Å². The number of benzene rings is 1. The molecule has 1 fully saturated rings. The molecule has 0 saturated carbocycles. The Morgan fingerprint density at radius 3 is 2.59 bits per heavy atom. The summed E-state index contributed by atoms with van der Waals surface area (Å²) in [7, 11) is 0. The van der Waals surface area contributed by atoms with E-state index in [-0.39, 0.29) is 6.03 Å². The van der Waals surface area contributed by atoms with Crippen LogP contribution >= 0.6 is 23.2 Å². The minimum absolute atomic E-state index is 0.128. The van der Waals surface area contributed by atoms with E-state index in [1.807, 2.05) is 13.0 Å². The van der Waals surface area contributed by atoms with Crippen LogP contribution in [0.15, 0.2) is 12.1 Å². The van der Waals surface area contributed by atoms with Crippen LogP contribution in [0.5, 0.6) is 0 Å². The Morgan fingerprint density at radius 1 is 1.29 bits per heavy atom. The monoisotopic (exact) mass is 272 g/mol. The molecule has 1 aliphatic heterocycles. The fraction of sp³-hybridized carbons (Fsp3) is 0.417. The zero-order chi connectivity index (χ0) is 12.4. The lowest BCUT2D eigenvalue weighted by molar-refractivity contribution is 0.222. The number of hydrogen-bond donors (Lipinski definition) is 1. The summed E-state index contributed by atoms with van der Waals surface area (Å²) in [6.07, 6.45) is 2.12. The fourth-order valence-electron chi connectivity index (χ4n) is 1.88. The molecule has 0 radical (unpaired) electrons. The lowest BCUT2D eigenvalue weighted by Crippen LogP contribution is -2.32. The van der Waals surface area contributed by atoms with E-state index in [4.69, 9.17) is 23.2 Å². The SMILES string of the molecule is Cc1ccc(Cl)c(NC(=O)N2CCCC2)c1Cl. The number of rotatable bonds is 1. The first-order valence-electron chi connectivity index (χ1n) is 5.60. The fourth-order valence-corrected chi connectivity index (χ4v) is 2.34. The first-order chi connectivity index (χ1) is 8.09. The molecule has 1 aromatic carbocycles. The van der Waals surface area contributed by atoms with Crippen molar-refractivity contribution >= 4 is 34.9 Å². The highest BCUT2D eigenvalue weighted by Crippen LogP contribution is 2.33. The quantitative estimate of drug-likeness (QED) is 0.826. The largest absolute Gasteiger partial charge is 0.325 e. The summed E-state index contributed by atoms with van der Waals surface area (Å²) in [4.78, 5) is 13.7. The van der Waals surface area contributed by atoms with Gasteiger partial charge >= 0.3 is 6.03 Å². The van der Waals surface area contributed by atoms with Crippen LogP contribution in [0.2, 0.25) is 10.0 Å². The number of hydrogen-bond acceptors (Lipinski definition) is 1. The number of carbonyl (C=O) groups excluding carboxylic acids is 1. The lowest BCUT2D eigenvalue weighted by Gasteiger charge is -2.18. The molecule has 92 valence electrons. The van der Waals surface area contributed by atoms with Gasteiger partial charge in [0.05, 0.1) is 15.7 Å². The summed E-state index contributed by atoms with van der Waals surface area (Å²) in [6, 6.07) is 3.44. The van der Waals surface area contributed by atoms with Gasteiger partial charge in [0, 0.05) is 13.1 Å². The van der Waals surface area contributed by atoms with Gasteiger partial charge in [0.25, 0.3) is 0 Å². The predicted octanol–water partition coefficient (Wildman–Crippen LogP) is 3.93. The molecule has 1 aromatic rings.